The second-order valence-corrected chi connectivity index (χ2v) is 5.97. The van der Waals surface area contributed by atoms with Crippen molar-refractivity contribution in [3.8, 4) is 5.75 Å². The highest BCUT2D eigenvalue weighted by atomic mass is 16.5. The molecule has 0 saturated heterocycles. The minimum absolute atomic E-state index is 0.113. The summed E-state index contributed by atoms with van der Waals surface area (Å²) in [6.07, 6.45) is 5.15. The summed E-state index contributed by atoms with van der Waals surface area (Å²) in [5, 5.41) is 3.06. The van der Waals surface area contributed by atoms with E-state index in [1.54, 1.807) is 12.1 Å². The van der Waals surface area contributed by atoms with Gasteiger partial charge in [-0.05, 0) is 56.1 Å². The summed E-state index contributed by atoms with van der Waals surface area (Å²) in [4.78, 5) is 12.4. The fourth-order valence-corrected chi connectivity index (χ4v) is 3.00. The molecule has 0 unspecified atom stereocenters. The van der Waals surface area contributed by atoms with Crippen LogP contribution in [0.25, 0.3) is 0 Å². The van der Waals surface area contributed by atoms with Crippen LogP contribution >= 0.6 is 0 Å². The van der Waals surface area contributed by atoms with E-state index in [1.165, 1.54) is 25.7 Å². The molecule has 3 rings (SSSR count). The maximum Gasteiger partial charge on any atom is 0.257 e. The van der Waals surface area contributed by atoms with Gasteiger partial charge in [-0.2, -0.15) is 0 Å². The predicted molar refractivity (Wildman–Crippen MR) is 78.7 cm³/mol. The first-order valence-corrected chi connectivity index (χ1v) is 7.46. The summed E-state index contributed by atoms with van der Waals surface area (Å²) >= 11 is 0. The molecule has 2 aliphatic carbocycles. The second-order valence-electron chi connectivity index (χ2n) is 5.97. The highest BCUT2D eigenvalue weighted by Gasteiger charge is 2.53. The van der Waals surface area contributed by atoms with Crippen LogP contribution in [0.15, 0.2) is 18.2 Å². The number of hydrogen-bond acceptors (Lipinski definition) is 3. The van der Waals surface area contributed by atoms with Crippen LogP contribution in [0, 0.1) is 11.3 Å². The minimum Gasteiger partial charge on any atom is -0.493 e. The number of hydrogen-bond donors (Lipinski definition) is 2. The van der Waals surface area contributed by atoms with Crippen molar-refractivity contribution in [2.75, 3.05) is 18.9 Å². The third-order valence-corrected chi connectivity index (χ3v) is 4.52. The van der Waals surface area contributed by atoms with E-state index >= 15 is 0 Å². The third-order valence-electron chi connectivity index (χ3n) is 4.52. The molecule has 0 aromatic heterocycles. The first kappa shape index (κ1) is 13.3. The zero-order valence-corrected chi connectivity index (χ0v) is 11.9. The van der Waals surface area contributed by atoms with Crippen molar-refractivity contribution in [3.63, 3.8) is 0 Å². The Hall–Kier alpha value is -1.71. The topological polar surface area (TPSA) is 64.3 Å². The van der Waals surface area contributed by atoms with Crippen LogP contribution in [0.4, 0.5) is 5.69 Å². The Morgan fingerprint density at radius 1 is 1.45 bits per heavy atom. The van der Waals surface area contributed by atoms with Crippen molar-refractivity contribution >= 4 is 11.6 Å². The van der Waals surface area contributed by atoms with Crippen molar-refractivity contribution in [3.05, 3.63) is 23.8 Å². The largest absolute Gasteiger partial charge is 0.493 e. The van der Waals surface area contributed by atoms with E-state index in [0.717, 1.165) is 12.5 Å². The molecule has 1 aromatic carbocycles. The van der Waals surface area contributed by atoms with Gasteiger partial charge in [0.15, 0.2) is 0 Å². The second kappa shape index (κ2) is 5.00. The molecule has 2 saturated carbocycles. The Morgan fingerprint density at radius 2 is 2.20 bits per heavy atom. The smallest absolute Gasteiger partial charge is 0.257 e. The molecule has 0 aliphatic heterocycles. The van der Waals surface area contributed by atoms with E-state index in [4.69, 9.17) is 10.5 Å². The summed E-state index contributed by atoms with van der Waals surface area (Å²) in [5.41, 5.74) is 7.28. The third kappa shape index (κ3) is 2.47. The molecule has 1 amide bonds. The lowest BCUT2D eigenvalue weighted by Gasteiger charge is -2.17. The molecule has 20 heavy (non-hydrogen) atoms. The monoisotopic (exact) mass is 274 g/mol. The van der Waals surface area contributed by atoms with Gasteiger partial charge in [-0.25, -0.2) is 0 Å². The van der Waals surface area contributed by atoms with Crippen molar-refractivity contribution < 1.29 is 9.53 Å². The van der Waals surface area contributed by atoms with Crippen LogP contribution < -0.4 is 15.8 Å². The van der Waals surface area contributed by atoms with Gasteiger partial charge < -0.3 is 15.8 Å². The molecule has 0 bridgehead atoms. The molecule has 0 atom stereocenters. The summed E-state index contributed by atoms with van der Waals surface area (Å²) in [7, 11) is 0. The van der Waals surface area contributed by atoms with Gasteiger partial charge in [-0.3, -0.25) is 4.79 Å². The van der Waals surface area contributed by atoms with Crippen LogP contribution in [0.1, 0.15) is 43.0 Å². The normalized spacial score (nSPS) is 19.4. The molecular formula is C16H22N2O2. The summed E-state index contributed by atoms with van der Waals surface area (Å²) in [6, 6.07) is 5.34. The fraction of sp³-hybridized carbons (Fsp3) is 0.562. The Kier molecular flexibility index (Phi) is 3.32. The molecular weight excluding hydrogens is 252 g/mol. The standard InChI is InChI=1S/C16H22N2O2/c1-2-20-13-5-3-4-12(17)14(13)15(19)18-10-16(8-9-16)11-6-7-11/h3-5,11H,2,6-10,17H2,1H3,(H,18,19). The molecule has 1 aromatic rings. The highest BCUT2D eigenvalue weighted by Crippen LogP contribution is 2.60. The predicted octanol–water partition coefficient (Wildman–Crippen LogP) is 2.59. The zero-order chi connectivity index (χ0) is 14.2. The van der Waals surface area contributed by atoms with Gasteiger partial charge in [-0.1, -0.05) is 6.07 Å². The number of nitrogen functional groups attached to an aromatic ring is 1. The minimum atomic E-state index is -0.113. The molecule has 0 spiro atoms. The van der Waals surface area contributed by atoms with Crippen LogP contribution in [0.5, 0.6) is 5.75 Å². The van der Waals surface area contributed by atoms with Crippen molar-refractivity contribution in [2.45, 2.75) is 32.6 Å². The lowest BCUT2D eigenvalue weighted by Crippen LogP contribution is -2.32. The number of carbonyl (C=O) groups is 1. The van der Waals surface area contributed by atoms with Crippen LogP contribution in [-0.4, -0.2) is 19.1 Å². The average molecular weight is 274 g/mol. The van der Waals surface area contributed by atoms with Crippen LogP contribution in [-0.2, 0) is 0 Å². The number of nitrogens with one attached hydrogen (secondary N) is 1. The van der Waals surface area contributed by atoms with E-state index in [1.807, 2.05) is 13.0 Å². The molecule has 4 heteroatoms. The van der Waals surface area contributed by atoms with Crippen molar-refractivity contribution in [1.29, 1.82) is 0 Å². The zero-order valence-electron chi connectivity index (χ0n) is 11.9. The number of amides is 1. The van der Waals surface area contributed by atoms with E-state index < -0.39 is 0 Å². The van der Waals surface area contributed by atoms with E-state index in [2.05, 4.69) is 5.32 Å². The van der Waals surface area contributed by atoms with Crippen molar-refractivity contribution in [2.24, 2.45) is 11.3 Å². The highest BCUT2D eigenvalue weighted by molar-refractivity contribution is 6.01. The lowest BCUT2D eigenvalue weighted by atomic mass is 10.0. The molecule has 0 radical (unpaired) electrons. The Bertz CT molecular complexity index is 519. The number of carbonyl (C=O) groups excluding carboxylic acids is 1. The van der Waals surface area contributed by atoms with E-state index in [9.17, 15) is 4.79 Å². The van der Waals surface area contributed by atoms with Crippen LogP contribution in [0.3, 0.4) is 0 Å². The van der Waals surface area contributed by atoms with E-state index in [0.29, 0.717) is 29.0 Å². The quantitative estimate of drug-likeness (QED) is 0.784. The molecule has 3 N–H and O–H groups in total. The van der Waals surface area contributed by atoms with Crippen molar-refractivity contribution in [1.82, 2.24) is 5.32 Å². The maximum atomic E-state index is 12.4. The first-order valence-electron chi connectivity index (χ1n) is 7.46. The van der Waals surface area contributed by atoms with Gasteiger partial charge in [-0.15, -0.1) is 0 Å². The van der Waals surface area contributed by atoms with E-state index in [-0.39, 0.29) is 5.91 Å². The lowest BCUT2D eigenvalue weighted by molar-refractivity contribution is 0.0940. The van der Waals surface area contributed by atoms with Gasteiger partial charge in [0.1, 0.15) is 11.3 Å². The van der Waals surface area contributed by atoms with Gasteiger partial charge >= 0.3 is 0 Å². The Labute approximate surface area is 119 Å². The summed E-state index contributed by atoms with van der Waals surface area (Å²) in [6.45, 7) is 3.20. The first-order chi connectivity index (χ1) is 9.66. The molecule has 2 aliphatic rings. The molecule has 108 valence electrons. The summed E-state index contributed by atoms with van der Waals surface area (Å²) < 4.78 is 5.51. The Balaban J connectivity index is 1.70. The number of rotatable bonds is 6. The average Bonchev–Trinajstić information content (AvgIpc) is 3.28. The fourth-order valence-electron chi connectivity index (χ4n) is 3.00. The van der Waals surface area contributed by atoms with Gasteiger partial charge in [0, 0.05) is 12.2 Å². The number of nitrogens with two attached hydrogens (primary N) is 1. The number of ether oxygens (including phenoxy) is 1. The van der Waals surface area contributed by atoms with Crippen LogP contribution in [0.2, 0.25) is 0 Å². The molecule has 4 nitrogen and oxygen atoms in total. The number of benzene rings is 1. The van der Waals surface area contributed by atoms with Gasteiger partial charge in [0.05, 0.1) is 6.61 Å². The SMILES string of the molecule is CCOc1cccc(N)c1C(=O)NCC1(C2CC2)CC1. The molecule has 2 fully saturated rings. The summed E-state index contributed by atoms with van der Waals surface area (Å²) in [5.74, 6) is 1.29. The Morgan fingerprint density at radius 3 is 2.80 bits per heavy atom. The maximum absolute atomic E-state index is 12.4. The number of anilines is 1. The molecule has 0 heterocycles. The van der Waals surface area contributed by atoms with Gasteiger partial charge in [0.2, 0.25) is 0 Å². The van der Waals surface area contributed by atoms with Gasteiger partial charge in [0.25, 0.3) is 5.91 Å².